The summed E-state index contributed by atoms with van der Waals surface area (Å²) >= 11 is 0. The standard InChI is InChI=1S/C38H46O8/c1-23(2)11-9-13-25(5)15-17-27-19-29(39)21-31(35(27)41)33(37(43)45-7)34(38(44)46-8)32-22-30(40)20-28(36(32)42)18-16-26(6)14-10-12-24(3)4/h11-12,15-16,19-22,33-34H,9-10,13-14,17-18H2,1-8H3. The molecule has 0 radical (unpaired) electrons. The molecule has 0 saturated heterocycles. The van der Waals surface area contributed by atoms with Gasteiger partial charge < -0.3 is 9.47 Å². The molecule has 0 heterocycles. The van der Waals surface area contributed by atoms with Gasteiger partial charge in [-0.25, -0.2) is 0 Å². The molecule has 2 atom stereocenters. The number of ketones is 4. The fourth-order valence-corrected chi connectivity index (χ4v) is 5.22. The minimum Gasteiger partial charge on any atom is -0.469 e. The van der Waals surface area contributed by atoms with Gasteiger partial charge in [-0.2, -0.15) is 0 Å². The van der Waals surface area contributed by atoms with Crippen LogP contribution >= 0.6 is 0 Å². The van der Waals surface area contributed by atoms with Gasteiger partial charge in [0.05, 0.1) is 14.2 Å². The summed E-state index contributed by atoms with van der Waals surface area (Å²) in [6.45, 7) is 11.9. The molecule has 0 aromatic carbocycles. The van der Waals surface area contributed by atoms with E-state index >= 15 is 0 Å². The molecule has 0 aliphatic heterocycles. The van der Waals surface area contributed by atoms with Crippen LogP contribution in [0, 0.1) is 11.8 Å². The Hall–Kier alpha value is -4.46. The Bertz CT molecular complexity index is 1390. The number of carbonyl (C=O) groups excluding carboxylic acids is 6. The van der Waals surface area contributed by atoms with Gasteiger partial charge in [-0.15, -0.1) is 0 Å². The molecule has 2 unspecified atom stereocenters. The van der Waals surface area contributed by atoms with E-state index in [1.54, 1.807) is 0 Å². The lowest BCUT2D eigenvalue weighted by atomic mass is 9.73. The van der Waals surface area contributed by atoms with Crippen LogP contribution in [0.3, 0.4) is 0 Å². The largest absolute Gasteiger partial charge is 0.469 e. The van der Waals surface area contributed by atoms with Crippen molar-refractivity contribution in [1.29, 1.82) is 0 Å². The molecule has 246 valence electrons. The second-order valence-corrected chi connectivity index (χ2v) is 12.2. The molecule has 0 aromatic rings. The minimum absolute atomic E-state index is 0.131. The Balaban J connectivity index is 2.47. The summed E-state index contributed by atoms with van der Waals surface area (Å²) in [5.74, 6) is -7.81. The van der Waals surface area contributed by atoms with E-state index in [4.69, 9.17) is 9.47 Å². The first-order chi connectivity index (χ1) is 21.7. The zero-order valence-corrected chi connectivity index (χ0v) is 28.3. The van der Waals surface area contributed by atoms with Crippen LogP contribution in [0.5, 0.6) is 0 Å². The second-order valence-electron chi connectivity index (χ2n) is 12.2. The van der Waals surface area contributed by atoms with Crippen molar-refractivity contribution in [1.82, 2.24) is 0 Å². The van der Waals surface area contributed by atoms with Gasteiger partial charge in [-0.3, -0.25) is 28.8 Å². The molecule has 2 aliphatic rings. The Kier molecular flexibility index (Phi) is 14.7. The average molecular weight is 631 g/mol. The molecule has 0 saturated carbocycles. The highest BCUT2D eigenvalue weighted by Gasteiger charge is 2.46. The highest BCUT2D eigenvalue weighted by Crippen LogP contribution is 2.36. The van der Waals surface area contributed by atoms with Gasteiger partial charge in [-0.1, -0.05) is 46.6 Å². The van der Waals surface area contributed by atoms with Crippen LogP contribution in [0.4, 0.5) is 0 Å². The lowest BCUT2D eigenvalue weighted by Gasteiger charge is -2.28. The highest BCUT2D eigenvalue weighted by molar-refractivity contribution is 6.24. The lowest BCUT2D eigenvalue weighted by molar-refractivity contribution is -0.155. The summed E-state index contributed by atoms with van der Waals surface area (Å²) in [6, 6.07) is 0. The summed E-state index contributed by atoms with van der Waals surface area (Å²) < 4.78 is 9.99. The van der Waals surface area contributed by atoms with E-state index in [2.05, 4.69) is 12.2 Å². The van der Waals surface area contributed by atoms with Gasteiger partial charge >= 0.3 is 11.9 Å². The number of hydrogen-bond donors (Lipinski definition) is 0. The summed E-state index contributed by atoms with van der Waals surface area (Å²) in [6.07, 6.45) is 15.7. The van der Waals surface area contributed by atoms with Crippen molar-refractivity contribution in [2.45, 2.75) is 80.1 Å². The molecular formula is C38H46O8. The maximum atomic E-state index is 13.8. The first kappa shape index (κ1) is 37.7. The molecule has 46 heavy (non-hydrogen) atoms. The number of allylic oxidation sites excluding steroid dienone is 14. The van der Waals surface area contributed by atoms with Gasteiger partial charge in [0.25, 0.3) is 0 Å². The highest BCUT2D eigenvalue weighted by atomic mass is 16.5. The number of Topliss-reactive ketones (excluding diaryl/α,β-unsaturated/α-hetero) is 2. The van der Waals surface area contributed by atoms with Crippen molar-refractivity contribution in [3.63, 3.8) is 0 Å². The molecule has 0 amide bonds. The van der Waals surface area contributed by atoms with Crippen LogP contribution in [-0.4, -0.2) is 49.3 Å². The maximum Gasteiger partial charge on any atom is 0.314 e. The van der Waals surface area contributed by atoms with Crippen LogP contribution < -0.4 is 0 Å². The first-order valence-electron chi connectivity index (χ1n) is 15.4. The first-order valence-corrected chi connectivity index (χ1v) is 15.4. The third-order valence-electron chi connectivity index (χ3n) is 7.77. The molecule has 2 rings (SSSR count). The predicted molar refractivity (Wildman–Crippen MR) is 177 cm³/mol. The fourth-order valence-electron chi connectivity index (χ4n) is 5.22. The monoisotopic (exact) mass is 630 g/mol. The van der Waals surface area contributed by atoms with Crippen molar-refractivity contribution in [3.8, 4) is 0 Å². The number of carbonyl (C=O) groups is 6. The number of rotatable bonds is 15. The SMILES string of the molecule is COC(=O)C(C1=CC(=O)C=C(CC=C(C)CCC=C(C)C)C1=O)C(C(=O)OC)C1=CC(=O)C=C(CC=C(C)CCC=C(C)C)C1=O. The molecule has 0 spiro atoms. The number of methoxy groups -OCH3 is 2. The molecule has 0 aromatic heterocycles. The van der Waals surface area contributed by atoms with Crippen LogP contribution in [0.1, 0.15) is 80.1 Å². The predicted octanol–water partition coefficient (Wildman–Crippen LogP) is 6.74. The van der Waals surface area contributed by atoms with Gasteiger partial charge in [0.15, 0.2) is 23.1 Å². The summed E-state index contributed by atoms with van der Waals surface area (Å²) in [5.41, 5.74) is 4.11. The van der Waals surface area contributed by atoms with Gasteiger partial charge in [-0.05, 0) is 104 Å². The summed E-state index contributed by atoms with van der Waals surface area (Å²) in [4.78, 5) is 79.9. The lowest BCUT2D eigenvalue weighted by Crippen LogP contribution is -2.40. The van der Waals surface area contributed by atoms with Crippen molar-refractivity contribution in [2.75, 3.05) is 14.2 Å². The molecule has 2 aliphatic carbocycles. The van der Waals surface area contributed by atoms with Crippen LogP contribution in [-0.2, 0) is 38.2 Å². The van der Waals surface area contributed by atoms with E-state index in [0.717, 1.165) is 63.2 Å². The van der Waals surface area contributed by atoms with E-state index < -0.39 is 46.9 Å². The van der Waals surface area contributed by atoms with Crippen molar-refractivity contribution < 1.29 is 38.2 Å². The zero-order valence-electron chi connectivity index (χ0n) is 28.3. The van der Waals surface area contributed by atoms with Crippen molar-refractivity contribution >= 4 is 35.1 Å². The number of esters is 2. The van der Waals surface area contributed by atoms with E-state index in [1.165, 1.54) is 23.3 Å². The molecular weight excluding hydrogens is 584 g/mol. The van der Waals surface area contributed by atoms with Crippen molar-refractivity contribution in [2.24, 2.45) is 11.8 Å². The Morgan fingerprint density at radius 3 is 1.24 bits per heavy atom. The molecule has 0 N–H and O–H groups in total. The molecule has 8 heteroatoms. The van der Waals surface area contributed by atoms with E-state index in [-0.39, 0.29) is 35.1 Å². The zero-order chi connectivity index (χ0) is 34.6. The normalized spacial score (nSPS) is 16.9. The quantitative estimate of drug-likeness (QED) is 0.111. The third-order valence-corrected chi connectivity index (χ3v) is 7.77. The Morgan fingerprint density at radius 2 is 0.935 bits per heavy atom. The van der Waals surface area contributed by atoms with Gasteiger partial charge in [0.2, 0.25) is 0 Å². The average Bonchev–Trinajstić information content (AvgIpc) is 2.99. The van der Waals surface area contributed by atoms with E-state index in [9.17, 15) is 28.8 Å². The van der Waals surface area contributed by atoms with Crippen LogP contribution in [0.15, 0.2) is 93.2 Å². The second kappa shape index (κ2) is 17.9. The number of hydrogen-bond acceptors (Lipinski definition) is 8. The minimum atomic E-state index is -1.70. The Morgan fingerprint density at radius 1 is 0.587 bits per heavy atom. The maximum absolute atomic E-state index is 13.8. The summed E-state index contributed by atoms with van der Waals surface area (Å²) in [7, 11) is 2.15. The molecule has 8 nitrogen and oxygen atoms in total. The number of ether oxygens (including phenoxy) is 2. The van der Waals surface area contributed by atoms with Gasteiger partial charge in [0, 0.05) is 22.3 Å². The third kappa shape index (κ3) is 10.9. The topological polar surface area (TPSA) is 121 Å². The Labute approximate surface area is 272 Å². The van der Waals surface area contributed by atoms with Crippen LogP contribution in [0.2, 0.25) is 0 Å². The van der Waals surface area contributed by atoms with Crippen molar-refractivity contribution in [3.05, 3.63) is 93.2 Å². The fraction of sp³-hybridized carbons (Fsp3) is 0.421. The van der Waals surface area contributed by atoms with Crippen LogP contribution in [0.25, 0.3) is 0 Å². The smallest absolute Gasteiger partial charge is 0.314 e. The summed E-state index contributed by atoms with van der Waals surface area (Å²) in [5, 5.41) is 0. The van der Waals surface area contributed by atoms with Gasteiger partial charge in [0.1, 0.15) is 11.8 Å². The molecule has 0 bridgehead atoms. The van der Waals surface area contributed by atoms with E-state index in [0.29, 0.717) is 0 Å². The molecule has 0 fully saturated rings. The van der Waals surface area contributed by atoms with E-state index in [1.807, 2.05) is 53.7 Å².